The van der Waals surface area contributed by atoms with Crippen LogP contribution in [0.5, 0.6) is 0 Å². The Morgan fingerprint density at radius 1 is 0.538 bits per heavy atom. The average Bonchev–Trinajstić information content (AvgIpc) is 3.55. The molecule has 3 heteroatoms. The molecule has 190 valence electrons. The number of allylic oxidation sites excluding steroid dienone is 1. The molecular formula is C36H31N3. The molecule has 0 radical (unpaired) electrons. The Morgan fingerprint density at radius 3 is 1.54 bits per heavy atom. The van der Waals surface area contributed by atoms with E-state index in [1.165, 1.54) is 22.3 Å². The van der Waals surface area contributed by atoms with Gasteiger partial charge in [0, 0.05) is 22.4 Å². The second kappa shape index (κ2) is 10.2. The number of aromatic amines is 1. The molecule has 1 aliphatic rings. The van der Waals surface area contributed by atoms with Crippen LogP contribution in [0.2, 0.25) is 0 Å². The summed E-state index contributed by atoms with van der Waals surface area (Å²) < 4.78 is 0. The summed E-state index contributed by atoms with van der Waals surface area (Å²) >= 11 is 0. The molecule has 1 aromatic heterocycles. The van der Waals surface area contributed by atoms with Gasteiger partial charge in [-0.05, 0) is 56.5 Å². The molecule has 5 aromatic rings. The maximum atomic E-state index is 5.20. The van der Waals surface area contributed by atoms with Crippen molar-refractivity contribution in [2.24, 2.45) is 9.98 Å². The van der Waals surface area contributed by atoms with Crippen LogP contribution >= 0.6 is 0 Å². The zero-order valence-electron chi connectivity index (χ0n) is 22.8. The van der Waals surface area contributed by atoms with E-state index >= 15 is 0 Å². The number of nitrogens with one attached hydrogen (secondary N) is 1. The van der Waals surface area contributed by atoms with Crippen molar-refractivity contribution >= 4 is 22.9 Å². The first-order valence-corrected chi connectivity index (χ1v) is 13.3. The molecular weight excluding hydrogens is 474 g/mol. The van der Waals surface area contributed by atoms with Crippen LogP contribution in [0.4, 0.5) is 5.82 Å². The Kier molecular flexibility index (Phi) is 6.42. The van der Waals surface area contributed by atoms with E-state index in [1.807, 2.05) is 0 Å². The summed E-state index contributed by atoms with van der Waals surface area (Å²) in [6.07, 6.45) is 2.16. The average molecular weight is 506 g/mol. The third kappa shape index (κ3) is 5.17. The predicted octanol–water partition coefficient (Wildman–Crippen LogP) is 9.20. The highest BCUT2D eigenvalue weighted by Gasteiger charge is 2.21. The molecule has 2 heterocycles. The van der Waals surface area contributed by atoms with Gasteiger partial charge in [0.1, 0.15) is 5.82 Å². The minimum absolute atomic E-state index is 0.708. The normalized spacial score (nSPS) is 14.0. The molecule has 0 saturated heterocycles. The fraction of sp³-hybridized carbons (Fsp3) is 0.111. The van der Waals surface area contributed by atoms with E-state index in [0.29, 0.717) is 5.84 Å². The highest BCUT2D eigenvalue weighted by Crippen LogP contribution is 2.37. The van der Waals surface area contributed by atoms with Crippen molar-refractivity contribution in [3.63, 3.8) is 0 Å². The lowest BCUT2D eigenvalue weighted by Gasteiger charge is -2.06. The number of aromatic nitrogens is 1. The highest BCUT2D eigenvalue weighted by atomic mass is 15.0. The van der Waals surface area contributed by atoms with Crippen molar-refractivity contribution in [2.45, 2.75) is 27.7 Å². The standard InChI is InChI=1S/C36H31N3/c1-23-5-13-27(14-6-23)31-21-33(29-17-9-25(3)10-18-29)37-35(31)39-36-32(28-15-7-24(2)8-16-28)22-34(38-36)30-19-11-26(4)12-20-30/h5-22,37H,1-4H3/b39-36-. The van der Waals surface area contributed by atoms with Crippen LogP contribution in [0, 0.1) is 27.7 Å². The first kappa shape index (κ1) is 24.6. The number of nitrogens with zero attached hydrogens (tertiary/aromatic N) is 2. The van der Waals surface area contributed by atoms with Crippen LogP contribution in [-0.2, 0) is 0 Å². The Morgan fingerprint density at radius 2 is 1.00 bits per heavy atom. The van der Waals surface area contributed by atoms with Crippen LogP contribution in [0.25, 0.3) is 28.0 Å². The largest absolute Gasteiger partial charge is 0.339 e. The Bertz CT molecular complexity index is 1730. The monoisotopic (exact) mass is 505 g/mol. The van der Waals surface area contributed by atoms with E-state index in [-0.39, 0.29) is 0 Å². The summed E-state index contributed by atoms with van der Waals surface area (Å²) in [5.74, 6) is 1.51. The number of hydrogen-bond acceptors (Lipinski definition) is 1. The van der Waals surface area contributed by atoms with Gasteiger partial charge in [-0.25, -0.2) is 9.98 Å². The molecule has 0 amide bonds. The number of aliphatic imine (C=N–C) groups is 2. The van der Waals surface area contributed by atoms with Crippen LogP contribution in [0.3, 0.4) is 0 Å². The molecule has 4 aromatic carbocycles. The summed E-state index contributed by atoms with van der Waals surface area (Å²) in [5, 5.41) is 0. The van der Waals surface area contributed by atoms with Gasteiger partial charge in [-0.15, -0.1) is 0 Å². The summed E-state index contributed by atoms with van der Waals surface area (Å²) in [4.78, 5) is 13.9. The molecule has 0 bridgehead atoms. The van der Waals surface area contributed by atoms with E-state index in [2.05, 4.69) is 142 Å². The topological polar surface area (TPSA) is 40.5 Å². The molecule has 39 heavy (non-hydrogen) atoms. The quantitative estimate of drug-likeness (QED) is 0.247. The molecule has 1 aliphatic heterocycles. The van der Waals surface area contributed by atoms with Gasteiger partial charge in [0.25, 0.3) is 0 Å². The molecule has 0 unspecified atom stereocenters. The van der Waals surface area contributed by atoms with Crippen LogP contribution in [0.15, 0.2) is 119 Å². The number of H-pyrrole nitrogens is 1. The van der Waals surface area contributed by atoms with Crippen molar-refractivity contribution in [3.05, 3.63) is 143 Å². The second-order valence-electron chi connectivity index (χ2n) is 10.4. The number of amidine groups is 1. The minimum Gasteiger partial charge on any atom is -0.339 e. The smallest absolute Gasteiger partial charge is 0.162 e. The van der Waals surface area contributed by atoms with Gasteiger partial charge in [-0.1, -0.05) is 119 Å². The molecule has 1 N–H and O–H groups in total. The van der Waals surface area contributed by atoms with Gasteiger partial charge >= 0.3 is 0 Å². The molecule has 0 spiro atoms. The van der Waals surface area contributed by atoms with Crippen molar-refractivity contribution in [2.75, 3.05) is 0 Å². The van der Waals surface area contributed by atoms with Crippen molar-refractivity contribution in [1.29, 1.82) is 0 Å². The number of benzene rings is 4. The lowest BCUT2D eigenvalue weighted by atomic mass is 10.0. The van der Waals surface area contributed by atoms with Gasteiger partial charge in [0.05, 0.1) is 5.71 Å². The van der Waals surface area contributed by atoms with E-state index in [9.17, 15) is 0 Å². The summed E-state index contributed by atoms with van der Waals surface area (Å²) in [6, 6.07) is 36.5. The molecule has 0 fully saturated rings. The van der Waals surface area contributed by atoms with Crippen molar-refractivity contribution in [1.82, 2.24) is 4.98 Å². The van der Waals surface area contributed by atoms with Gasteiger partial charge in [0.2, 0.25) is 0 Å². The predicted molar refractivity (Wildman–Crippen MR) is 165 cm³/mol. The Hall–Kier alpha value is -4.76. The maximum absolute atomic E-state index is 5.20. The van der Waals surface area contributed by atoms with Crippen LogP contribution in [-0.4, -0.2) is 16.5 Å². The maximum Gasteiger partial charge on any atom is 0.162 e. The van der Waals surface area contributed by atoms with Crippen LogP contribution < -0.4 is 0 Å². The fourth-order valence-electron chi connectivity index (χ4n) is 4.79. The third-order valence-corrected chi connectivity index (χ3v) is 7.20. The van der Waals surface area contributed by atoms with Gasteiger partial charge in [0.15, 0.2) is 5.84 Å². The molecule has 0 aliphatic carbocycles. The SMILES string of the molecule is Cc1ccc(C2=CC(c3ccc(C)cc3)=N/C2=N\c2[nH]c(-c3ccc(C)cc3)cc2-c2ccc(C)cc2)cc1. The van der Waals surface area contributed by atoms with E-state index in [1.54, 1.807) is 0 Å². The first-order chi connectivity index (χ1) is 18.9. The van der Waals surface area contributed by atoms with E-state index < -0.39 is 0 Å². The Balaban J connectivity index is 1.51. The summed E-state index contributed by atoms with van der Waals surface area (Å²) in [7, 11) is 0. The molecule has 6 rings (SSSR count). The van der Waals surface area contributed by atoms with Crippen LogP contribution in [0.1, 0.15) is 33.4 Å². The lowest BCUT2D eigenvalue weighted by Crippen LogP contribution is -1.96. The van der Waals surface area contributed by atoms with Gasteiger partial charge in [-0.2, -0.15) is 0 Å². The highest BCUT2D eigenvalue weighted by molar-refractivity contribution is 6.38. The lowest BCUT2D eigenvalue weighted by molar-refractivity contribution is 1.32. The zero-order chi connectivity index (χ0) is 26.9. The van der Waals surface area contributed by atoms with Crippen molar-refractivity contribution in [3.8, 4) is 22.4 Å². The molecule has 0 atom stereocenters. The summed E-state index contributed by atoms with van der Waals surface area (Å²) in [5.41, 5.74) is 13.4. The fourth-order valence-corrected chi connectivity index (χ4v) is 4.79. The molecule has 0 saturated carbocycles. The van der Waals surface area contributed by atoms with E-state index in [0.717, 1.165) is 50.6 Å². The third-order valence-electron chi connectivity index (χ3n) is 7.20. The summed E-state index contributed by atoms with van der Waals surface area (Å²) in [6.45, 7) is 8.42. The van der Waals surface area contributed by atoms with Gasteiger partial charge in [-0.3, -0.25) is 0 Å². The van der Waals surface area contributed by atoms with Crippen molar-refractivity contribution < 1.29 is 0 Å². The first-order valence-electron chi connectivity index (χ1n) is 13.3. The Labute approximate surface area is 230 Å². The second-order valence-corrected chi connectivity index (χ2v) is 10.4. The number of rotatable bonds is 5. The molecule has 3 nitrogen and oxygen atoms in total. The van der Waals surface area contributed by atoms with Gasteiger partial charge < -0.3 is 4.98 Å². The number of hydrogen-bond donors (Lipinski definition) is 1. The van der Waals surface area contributed by atoms with E-state index in [4.69, 9.17) is 9.98 Å². The zero-order valence-corrected chi connectivity index (χ0v) is 22.8. The minimum atomic E-state index is 0.708. The number of aryl methyl sites for hydroxylation is 4.